The lowest BCUT2D eigenvalue weighted by Gasteiger charge is -2.35. The van der Waals surface area contributed by atoms with E-state index in [2.05, 4.69) is 22.6 Å². The molecule has 1 saturated carbocycles. The number of aliphatic hydroxyl groups is 1. The van der Waals surface area contributed by atoms with E-state index in [4.69, 9.17) is 0 Å². The number of hydrogen-bond donors (Lipinski definition) is 2. The summed E-state index contributed by atoms with van der Waals surface area (Å²) in [6.45, 7) is 0. The number of nitrogens with zero attached hydrogens (tertiary/aromatic N) is 1. The van der Waals surface area contributed by atoms with Crippen LogP contribution in [0, 0.1) is 7.14 Å². The van der Waals surface area contributed by atoms with Gasteiger partial charge in [0.1, 0.15) is 5.75 Å². The van der Waals surface area contributed by atoms with Crippen LogP contribution in [0.25, 0.3) is 0 Å². The lowest BCUT2D eigenvalue weighted by atomic mass is 9.91. The molecule has 0 saturated heterocycles. The number of carbonyl (C=O) groups is 1. The van der Waals surface area contributed by atoms with Gasteiger partial charge in [-0.1, -0.05) is 12.8 Å². The number of likely N-dealkylation sites (N-methyl/N-ethyl adjacent to an activating group) is 1. The van der Waals surface area contributed by atoms with Gasteiger partial charge in [-0.2, -0.15) is 0 Å². The maximum atomic E-state index is 12.6. The number of hydrogen-bond acceptors (Lipinski definition) is 3. The number of rotatable bonds is 2. The molecule has 1 aromatic carbocycles. The highest BCUT2D eigenvalue weighted by Crippen LogP contribution is 2.30. The second kappa shape index (κ2) is 6.78. The van der Waals surface area contributed by atoms with Crippen LogP contribution in [0.4, 0.5) is 0 Å². The monoisotopic (exact) mass is 501 g/mol. The summed E-state index contributed by atoms with van der Waals surface area (Å²) in [6, 6.07) is 3.35. The van der Waals surface area contributed by atoms with Crippen LogP contribution in [-0.2, 0) is 0 Å². The fourth-order valence-corrected chi connectivity index (χ4v) is 4.46. The van der Waals surface area contributed by atoms with E-state index in [0.717, 1.165) is 29.3 Å². The van der Waals surface area contributed by atoms with Crippen molar-refractivity contribution >= 4 is 51.1 Å². The summed E-state index contributed by atoms with van der Waals surface area (Å²) in [4.78, 5) is 14.1. The molecule has 0 heterocycles. The van der Waals surface area contributed by atoms with Crippen LogP contribution in [0.5, 0.6) is 5.75 Å². The number of phenolic OH excluding ortho intramolecular Hbond substituents is 1. The summed E-state index contributed by atoms with van der Waals surface area (Å²) < 4.78 is 1.57. The average Bonchev–Trinajstić information content (AvgIpc) is 2.42. The van der Waals surface area contributed by atoms with Crippen molar-refractivity contribution in [1.82, 2.24) is 4.90 Å². The molecular formula is C14H17I2NO3. The van der Waals surface area contributed by atoms with E-state index < -0.39 is 6.10 Å². The molecule has 0 aromatic heterocycles. The number of amides is 1. The Labute approximate surface area is 145 Å². The standard InChI is InChI=1S/C14H17I2NO3/c1-17(11-4-2-3-5-12(11)18)14(20)9-6-8(15)7-10(16)13(9)19/h6-7,11-12,18-19H,2-5H2,1H3. The first-order valence-corrected chi connectivity index (χ1v) is 8.70. The van der Waals surface area contributed by atoms with E-state index >= 15 is 0 Å². The van der Waals surface area contributed by atoms with E-state index in [0.29, 0.717) is 9.13 Å². The van der Waals surface area contributed by atoms with E-state index in [-0.39, 0.29) is 17.7 Å². The molecule has 110 valence electrons. The van der Waals surface area contributed by atoms with E-state index in [1.165, 1.54) is 0 Å². The SMILES string of the molecule is CN(C(=O)c1cc(I)cc(I)c1O)C1CCCCC1O. The highest BCUT2D eigenvalue weighted by atomic mass is 127. The molecule has 1 fully saturated rings. The molecule has 2 N–H and O–H groups in total. The second-order valence-corrected chi connectivity index (χ2v) is 7.53. The maximum Gasteiger partial charge on any atom is 0.257 e. The number of carbonyl (C=O) groups excluding carboxylic acids is 1. The molecule has 0 spiro atoms. The van der Waals surface area contributed by atoms with Crippen molar-refractivity contribution in [2.24, 2.45) is 0 Å². The third-order valence-corrected chi connectivity index (χ3v) is 5.22. The highest BCUT2D eigenvalue weighted by molar-refractivity contribution is 14.1. The van der Waals surface area contributed by atoms with Crippen LogP contribution >= 0.6 is 45.2 Å². The van der Waals surface area contributed by atoms with E-state index in [1.807, 2.05) is 28.7 Å². The smallest absolute Gasteiger partial charge is 0.257 e. The zero-order valence-corrected chi connectivity index (χ0v) is 15.5. The number of benzene rings is 1. The maximum absolute atomic E-state index is 12.6. The Morgan fingerprint density at radius 1 is 1.30 bits per heavy atom. The minimum Gasteiger partial charge on any atom is -0.506 e. The zero-order chi connectivity index (χ0) is 14.9. The van der Waals surface area contributed by atoms with Crippen LogP contribution in [0.15, 0.2) is 12.1 Å². The molecule has 1 aromatic rings. The molecule has 1 aliphatic carbocycles. The molecule has 6 heteroatoms. The van der Waals surface area contributed by atoms with Crippen LogP contribution in [-0.4, -0.2) is 40.2 Å². The minimum absolute atomic E-state index is 0.0214. The normalized spacial score (nSPS) is 22.6. The first-order valence-electron chi connectivity index (χ1n) is 6.55. The Kier molecular flexibility index (Phi) is 5.52. The quantitative estimate of drug-likeness (QED) is 0.614. The highest BCUT2D eigenvalue weighted by Gasteiger charge is 2.31. The summed E-state index contributed by atoms with van der Waals surface area (Å²) in [7, 11) is 1.70. The molecule has 2 atom stereocenters. The molecule has 20 heavy (non-hydrogen) atoms. The molecule has 0 radical (unpaired) electrons. The van der Waals surface area contributed by atoms with Crippen molar-refractivity contribution in [2.45, 2.75) is 37.8 Å². The van der Waals surface area contributed by atoms with E-state index in [1.54, 1.807) is 18.0 Å². The van der Waals surface area contributed by atoms with E-state index in [9.17, 15) is 15.0 Å². The Bertz CT molecular complexity index is 521. The Hall–Kier alpha value is -0.0900. The van der Waals surface area contributed by atoms with Crippen LogP contribution in [0.1, 0.15) is 36.0 Å². The molecule has 0 bridgehead atoms. The lowest BCUT2D eigenvalue weighted by molar-refractivity contribution is 0.0266. The summed E-state index contributed by atoms with van der Waals surface area (Å²) in [6.07, 6.45) is 3.10. The van der Waals surface area contributed by atoms with Gasteiger partial charge in [-0.15, -0.1) is 0 Å². The van der Waals surface area contributed by atoms with Gasteiger partial charge in [-0.25, -0.2) is 0 Å². The summed E-state index contributed by atoms with van der Waals surface area (Å²) in [5.74, 6) is -0.210. The summed E-state index contributed by atoms with van der Waals surface area (Å²) in [5.41, 5.74) is 0.307. The molecule has 4 nitrogen and oxygen atoms in total. The van der Waals surface area contributed by atoms with Crippen LogP contribution in [0.2, 0.25) is 0 Å². The van der Waals surface area contributed by atoms with Crippen molar-refractivity contribution in [3.63, 3.8) is 0 Å². The number of aliphatic hydroxyl groups excluding tert-OH is 1. The zero-order valence-electron chi connectivity index (χ0n) is 11.1. The average molecular weight is 501 g/mol. The largest absolute Gasteiger partial charge is 0.506 e. The molecule has 2 rings (SSSR count). The fourth-order valence-electron chi connectivity index (χ4n) is 2.61. The molecular weight excluding hydrogens is 484 g/mol. The lowest BCUT2D eigenvalue weighted by Crippen LogP contribution is -2.46. The molecule has 2 unspecified atom stereocenters. The van der Waals surface area contributed by atoms with Crippen molar-refractivity contribution in [3.05, 3.63) is 24.8 Å². The van der Waals surface area contributed by atoms with Gasteiger partial charge in [0.2, 0.25) is 0 Å². The van der Waals surface area contributed by atoms with Gasteiger partial charge in [0.15, 0.2) is 0 Å². The van der Waals surface area contributed by atoms with Crippen LogP contribution < -0.4 is 0 Å². The fraction of sp³-hybridized carbons (Fsp3) is 0.500. The second-order valence-electron chi connectivity index (χ2n) is 5.12. The van der Waals surface area contributed by atoms with Gasteiger partial charge in [0, 0.05) is 10.6 Å². The molecule has 1 aliphatic rings. The van der Waals surface area contributed by atoms with Gasteiger partial charge in [0.05, 0.1) is 21.3 Å². The summed E-state index contributed by atoms with van der Waals surface area (Å²) in [5, 5.41) is 20.1. The van der Waals surface area contributed by atoms with Crippen molar-refractivity contribution in [3.8, 4) is 5.75 Å². The summed E-state index contributed by atoms with van der Waals surface area (Å²) >= 11 is 4.14. The van der Waals surface area contributed by atoms with Gasteiger partial charge in [-0.3, -0.25) is 4.79 Å². The van der Waals surface area contributed by atoms with Gasteiger partial charge in [0.25, 0.3) is 5.91 Å². The molecule has 0 aliphatic heterocycles. The van der Waals surface area contributed by atoms with Crippen molar-refractivity contribution < 1.29 is 15.0 Å². The Morgan fingerprint density at radius 3 is 2.60 bits per heavy atom. The van der Waals surface area contributed by atoms with Crippen LogP contribution in [0.3, 0.4) is 0 Å². The van der Waals surface area contributed by atoms with Gasteiger partial charge < -0.3 is 15.1 Å². The van der Waals surface area contributed by atoms with Crippen molar-refractivity contribution in [2.75, 3.05) is 7.05 Å². The minimum atomic E-state index is -0.471. The molecule has 1 amide bonds. The van der Waals surface area contributed by atoms with Gasteiger partial charge in [-0.05, 0) is 70.2 Å². The first kappa shape index (κ1) is 16.3. The number of halogens is 2. The van der Waals surface area contributed by atoms with Gasteiger partial charge >= 0.3 is 0 Å². The third-order valence-electron chi connectivity index (χ3n) is 3.77. The number of aromatic hydroxyl groups is 1. The topological polar surface area (TPSA) is 60.8 Å². The Morgan fingerprint density at radius 2 is 1.95 bits per heavy atom. The first-order chi connectivity index (χ1) is 9.41. The predicted molar refractivity (Wildman–Crippen MR) is 93.9 cm³/mol. The van der Waals surface area contributed by atoms with Crippen molar-refractivity contribution in [1.29, 1.82) is 0 Å². The third kappa shape index (κ3) is 3.38. The predicted octanol–water partition coefficient (Wildman–Crippen LogP) is 2.98. The number of phenols is 1. The Balaban J connectivity index is 2.26.